The van der Waals surface area contributed by atoms with E-state index in [4.69, 9.17) is 18.9 Å². The van der Waals surface area contributed by atoms with Crippen LogP contribution in [0.1, 0.15) is 25.0 Å². The van der Waals surface area contributed by atoms with Crippen molar-refractivity contribution in [2.75, 3.05) is 33.8 Å². The summed E-state index contributed by atoms with van der Waals surface area (Å²) in [5.74, 6) is 0.621. The molecule has 0 unspecified atom stereocenters. The molecule has 0 saturated heterocycles. The average molecular weight is 480 g/mol. The van der Waals surface area contributed by atoms with Crippen molar-refractivity contribution in [2.24, 2.45) is 0 Å². The van der Waals surface area contributed by atoms with Gasteiger partial charge in [0.05, 0.1) is 45.4 Å². The quantitative estimate of drug-likeness (QED) is 0.534. The molecular formula is C23H29NO8S. The van der Waals surface area contributed by atoms with E-state index in [1.807, 2.05) is 0 Å². The largest absolute Gasteiger partial charge is 0.496 e. The minimum Gasteiger partial charge on any atom is -0.496 e. The molecule has 0 spiro atoms. The molecule has 0 atom stereocenters. The van der Waals surface area contributed by atoms with Crippen LogP contribution in [-0.2, 0) is 20.4 Å². The van der Waals surface area contributed by atoms with E-state index < -0.39 is 21.3 Å². The molecule has 9 nitrogen and oxygen atoms in total. The molecule has 0 bridgehead atoms. The van der Waals surface area contributed by atoms with Crippen LogP contribution >= 0.6 is 0 Å². The lowest BCUT2D eigenvalue weighted by Gasteiger charge is -2.18. The van der Waals surface area contributed by atoms with Crippen molar-refractivity contribution < 1.29 is 37.3 Å². The van der Waals surface area contributed by atoms with Crippen molar-refractivity contribution in [3.8, 4) is 23.0 Å². The first-order valence-electron chi connectivity index (χ1n) is 9.85. The second kappa shape index (κ2) is 10.6. The summed E-state index contributed by atoms with van der Waals surface area (Å²) < 4.78 is 46.7. The van der Waals surface area contributed by atoms with Gasteiger partial charge in [-0.3, -0.25) is 4.79 Å². The van der Waals surface area contributed by atoms with Crippen molar-refractivity contribution in [1.29, 1.82) is 0 Å². The molecule has 2 N–H and O–H groups in total. The molecule has 2 aromatic rings. The summed E-state index contributed by atoms with van der Waals surface area (Å²) in [5, 5.41) is 13.5. The number of rotatable bonds is 10. The van der Waals surface area contributed by atoms with Gasteiger partial charge in [-0.25, -0.2) is 8.42 Å². The maximum atomic E-state index is 12.8. The number of ether oxygens (including phenoxy) is 4. The summed E-state index contributed by atoms with van der Waals surface area (Å²) in [6.07, 6.45) is 1.40. The number of amides is 1. The summed E-state index contributed by atoms with van der Waals surface area (Å²) >= 11 is 0. The van der Waals surface area contributed by atoms with Gasteiger partial charge in [0.25, 0.3) is 5.91 Å². The summed E-state index contributed by atoms with van der Waals surface area (Å²) in [4.78, 5) is 12.1. The number of methoxy groups -OCH3 is 4. The van der Waals surface area contributed by atoms with Gasteiger partial charge in [-0.2, -0.15) is 0 Å². The molecule has 2 rings (SSSR count). The van der Waals surface area contributed by atoms with Crippen molar-refractivity contribution in [2.45, 2.75) is 25.2 Å². The third-order valence-corrected chi connectivity index (χ3v) is 5.92. The van der Waals surface area contributed by atoms with Gasteiger partial charge < -0.3 is 29.4 Å². The molecule has 0 fully saturated rings. The first-order chi connectivity index (χ1) is 15.4. The first kappa shape index (κ1) is 26.0. The summed E-state index contributed by atoms with van der Waals surface area (Å²) in [6, 6.07) is 7.86. The molecule has 0 heterocycles. The van der Waals surface area contributed by atoms with Crippen LogP contribution in [-0.4, -0.2) is 53.5 Å². The second-order valence-corrected chi connectivity index (χ2v) is 9.49. The summed E-state index contributed by atoms with van der Waals surface area (Å²) in [7, 11) is 2.12. The van der Waals surface area contributed by atoms with E-state index in [-0.39, 0.29) is 11.4 Å². The van der Waals surface area contributed by atoms with Crippen LogP contribution in [0.5, 0.6) is 23.0 Å². The third kappa shape index (κ3) is 6.87. The lowest BCUT2D eigenvalue weighted by Crippen LogP contribution is -2.36. The number of carbonyl (C=O) groups is 1. The number of sulfone groups is 1. The maximum absolute atomic E-state index is 12.8. The van der Waals surface area contributed by atoms with E-state index in [1.54, 1.807) is 24.3 Å². The Kier molecular flexibility index (Phi) is 8.34. The van der Waals surface area contributed by atoms with Crippen molar-refractivity contribution in [3.63, 3.8) is 0 Å². The van der Waals surface area contributed by atoms with Crippen LogP contribution in [0.15, 0.2) is 35.7 Å². The Labute approximate surface area is 193 Å². The smallest absolute Gasteiger partial charge is 0.255 e. The van der Waals surface area contributed by atoms with Gasteiger partial charge in [-0.1, -0.05) is 6.07 Å². The van der Waals surface area contributed by atoms with Crippen LogP contribution in [0.4, 0.5) is 5.69 Å². The Morgan fingerprint density at radius 3 is 2.03 bits per heavy atom. The van der Waals surface area contributed by atoms with E-state index in [2.05, 4.69) is 5.32 Å². The number of hydrogen-bond donors (Lipinski definition) is 2. The minimum absolute atomic E-state index is 0.250. The summed E-state index contributed by atoms with van der Waals surface area (Å²) in [6.45, 7) is 2.69. The number of hydrogen-bond acceptors (Lipinski definition) is 8. The van der Waals surface area contributed by atoms with Crippen LogP contribution in [0.3, 0.4) is 0 Å². The topological polar surface area (TPSA) is 120 Å². The molecule has 0 aliphatic heterocycles. The van der Waals surface area contributed by atoms with Gasteiger partial charge in [-0.05, 0) is 37.6 Å². The molecule has 0 saturated carbocycles. The Morgan fingerprint density at radius 1 is 0.970 bits per heavy atom. The Hall–Kier alpha value is -3.24. The predicted octanol–water partition coefficient (Wildman–Crippen LogP) is 3.02. The highest BCUT2D eigenvalue weighted by Crippen LogP contribution is 2.35. The Bertz CT molecular complexity index is 1110. The maximum Gasteiger partial charge on any atom is 0.255 e. The van der Waals surface area contributed by atoms with Crippen LogP contribution in [0, 0.1) is 0 Å². The number of benzene rings is 2. The number of anilines is 1. The number of nitrogens with one attached hydrogen (secondary N) is 1. The molecule has 0 radical (unpaired) electrons. The Balaban J connectivity index is 2.34. The number of carbonyl (C=O) groups excluding carboxylic acids is 1. The van der Waals surface area contributed by atoms with Gasteiger partial charge in [0.2, 0.25) is 0 Å². The van der Waals surface area contributed by atoms with Gasteiger partial charge in [0.15, 0.2) is 9.84 Å². The van der Waals surface area contributed by atoms with E-state index in [0.717, 1.165) is 5.41 Å². The highest BCUT2D eigenvalue weighted by Gasteiger charge is 2.25. The highest BCUT2D eigenvalue weighted by molar-refractivity contribution is 7.93. The van der Waals surface area contributed by atoms with Crippen LogP contribution < -0.4 is 24.3 Å². The second-order valence-electron chi connectivity index (χ2n) is 7.60. The summed E-state index contributed by atoms with van der Waals surface area (Å²) in [5.41, 5.74) is -0.510. The highest BCUT2D eigenvalue weighted by atomic mass is 32.2. The normalized spacial score (nSPS) is 11.8. The predicted molar refractivity (Wildman–Crippen MR) is 126 cm³/mol. The molecule has 0 aliphatic rings. The zero-order chi connectivity index (χ0) is 24.8. The first-order valence-corrected chi connectivity index (χ1v) is 11.6. The fourth-order valence-electron chi connectivity index (χ4n) is 2.87. The fourth-order valence-corrected chi connectivity index (χ4v) is 3.95. The third-order valence-electron chi connectivity index (χ3n) is 4.63. The Morgan fingerprint density at radius 2 is 1.55 bits per heavy atom. The fraction of sp³-hybridized carbons (Fsp3) is 0.348. The standard InChI is InChI=1S/C23H29NO8S/c1-23(2,26)22(25)24-18-11-15(7-8-19(18)30-4)14-33(27,28)10-9-17-20(31-5)12-16(29-3)13-21(17)32-6/h7-13,26H,14H2,1-6H3,(H,24,25)/b10-9-. The molecule has 1 amide bonds. The van der Waals surface area contributed by atoms with Gasteiger partial charge in [0.1, 0.15) is 28.6 Å². The van der Waals surface area contributed by atoms with Gasteiger partial charge >= 0.3 is 0 Å². The molecule has 10 heteroatoms. The van der Waals surface area contributed by atoms with Crippen molar-refractivity contribution in [1.82, 2.24) is 0 Å². The van der Waals surface area contributed by atoms with E-state index in [9.17, 15) is 18.3 Å². The zero-order valence-electron chi connectivity index (χ0n) is 19.5. The van der Waals surface area contributed by atoms with E-state index in [0.29, 0.717) is 34.1 Å². The van der Waals surface area contributed by atoms with Crippen LogP contribution in [0.2, 0.25) is 0 Å². The monoisotopic (exact) mass is 479 g/mol. The average Bonchev–Trinajstić information content (AvgIpc) is 2.76. The zero-order valence-corrected chi connectivity index (χ0v) is 20.3. The van der Waals surface area contributed by atoms with E-state index >= 15 is 0 Å². The molecule has 33 heavy (non-hydrogen) atoms. The molecule has 180 valence electrons. The van der Waals surface area contributed by atoms with Crippen molar-refractivity contribution in [3.05, 3.63) is 46.9 Å². The number of aliphatic hydroxyl groups is 1. The lowest BCUT2D eigenvalue weighted by molar-refractivity contribution is -0.130. The molecule has 2 aromatic carbocycles. The molecular weight excluding hydrogens is 450 g/mol. The minimum atomic E-state index is -3.72. The molecule has 0 aromatic heterocycles. The van der Waals surface area contributed by atoms with E-state index in [1.165, 1.54) is 54.4 Å². The van der Waals surface area contributed by atoms with Crippen molar-refractivity contribution >= 4 is 27.5 Å². The van der Waals surface area contributed by atoms with Crippen LogP contribution in [0.25, 0.3) is 6.08 Å². The molecule has 0 aliphatic carbocycles. The van der Waals surface area contributed by atoms with Gasteiger partial charge in [-0.15, -0.1) is 0 Å². The van der Waals surface area contributed by atoms with Gasteiger partial charge in [0, 0.05) is 17.5 Å². The lowest BCUT2D eigenvalue weighted by atomic mass is 10.1. The SMILES string of the molecule is COc1cc(OC)c(/C=C\S(=O)(=O)Cc2ccc(OC)c(NC(=O)C(C)(C)O)c2)c(OC)c1.